The minimum atomic E-state index is -0.720. The topological polar surface area (TPSA) is 9.23 Å². The van der Waals surface area contributed by atoms with Gasteiger partial charge in [-0.25, -0.2) is 0 Å². The van der Waals surface area contributed by atoms with Crippen LogP contribution >= 0.6 is 0 Å². The highest BCUT2D eigenvalue weighted by molar-refractivity contribution is 6.50. The lowest BCUT2D eigenvalue weighted by Gasteiger charge is -2.07. The smallest absolute Gasteiger partial charge is 0.173 e. The zero-order valence-corrected chi connectivity index (χ0v) is 7.97. The predicted octanol–water partition coefficient (Wildman–Crippen LogP) is 2.18. The number of hydrogen-bond donors (Lipinski definition) is 0. The molecule has 2 heteroatoms. The van der Waals surface area contributed by atoms with Crippen LogP contribution in [0.5, 0.6) is 0 Å². The minimum absolute atomic E-state index is 0.720. The first-order chi connectivity index (χ1) is 4.31. The molecule has 0 fully saturated rings. The van der Waals surface area contributed by atoms with Gasteiger partial charge in [0, 0.05) is 6.61 Å². The lowest BCUT2D eigenvalue weighted by Crippen LogP contribution is -2.11. The molecule has 0 aliphatic heterocycles. The fourth-order valence-electron chi connectivity index (χ4n) is 0.859. The standard InChI is InChI=1S/C7H18OSi/c1-4-6-7-9(3)8-5-2/h9H,4-7H2,1-3H3. The van der Waals surface area contributed by atoms with E-state index in [-0.39, 0.29) is 0 Å². The van der Waals surface area contributed by atoms with Gasteiger partial charge in [0.05, 0.1) is 0 Å². The van der Waals surface area contributed by atoms with Gasteiger partial charge >= 0.3 is 0 Å². The summed E-state index contributed by atoms with van der Waals surface area (Å²) < 4.78 is 5.48. The summed E-state index contributed by atoms with van der Waals surface area (Å²) >= 11 is 0. The Labute approximate surface area is 60.1 Å². The zero-order chi connectivity index (χ0) is 7.11. The van der Waals surface area contributed by atoms with Crippen molar-refractivity contribution in [3.63, 3.8) is 0 Å². The molecule has 0 aliphatic rings. The molecule has 1 atom stereocenters. The van der Waals surface area contributed by atoms with Crippen molar-refractivity contribution in [2.24, 2.45) is 0 Å². The van der Waals surface area contributed by atoms with E-state index in [9.17, 15) is 0 Å². The SMILES string of the molecule is CCCC[SiH](C)OCC. The van der Waals surface area contributed by atoms with E-state index in [1.165, 1.54) is 18.9 Å². The maximum Gasteiger partial charge on any atom is 0.173 e. The molecule has 0 radical (unpaired) electrons. The van der Waals surface area contributed by atoms with Crippen molar-refractivity contribution in [1.82, 2.24) is 0 Å². The molecule has 0 bridgehead atoms. The molecule has 0 aromatic carbocycles. The molecule has 0 aromatic rings. The number of hydrogen-bond acceptors (Lipinski definition) is 1. The van der Waals surface area contributed by atoms with Crippen LogP contribution in [0, 0.1) is 0 Å². The molecule has 0 saturated heterocycles. The van der Waals surface area contributed by atoms with Crippen molar-refractivity contribution in [2.75, 3.05) is 6.61 Å². The van der Waals surface area contributed by atoms with Crippen LogP contribution in [-0.4, -0.2) is 15.6 Å². The molecular formula is C7H18OSi. The van der Waals surface area contributed by atoms with Gasteiger partial charge in [0.2, 0.25) is 0 Å². The first-order valence-corrected chi connectivity index (χ1v) is 6.37. The second kappa shape index (κ2) is 6.30. The van der Waals surface area contributed by atoms with Crippen LogP contribution in [0.2, 0.25) is 12.6 Å². The average Bonchev–Trinajstić information content (AvgIpc) is 1.85. The third-order valence-corrected chi connectivity index (χ3v) is 3.54. The third kappa shape index (κ3) is 6.06. The monoisotopic (exact) mass is 146 g/mol. The summed E-state index contributed by atoms with van der Waals surface area (Å²) in [6.07, 6.45) is 2.66. The van der Waals surface area contributed by atoms with Crippen molar-refractivity contribution >= 4 is 9.04 Å². The molecule has 0 N–H and O–H groups in total. The Hall–Kier alpha value is 0.177. The van der Waals surface area contributed by atoms with Crippen LogP contribution in [0.3, 0.4) is 0 Å². The molecule has 0 aliphatic carbocycles. The lowest BCUT2D eigenvalue weighted by atomic mass is 10.4. The van der Waals surface area contributed by atoms with E-state index < -0.39 is 9.04 Å². The van der Waals surface area contributed by atoms with E-state index in [4.69, 9.17) is 4.43 Å². The van der Waals surface area contributed by atoms with Crippen molar-refractivity contribution in [3.8, 4) is 0 Å². The van der Waals surface area contributed by atoms with Crippen molar-refractivity contribution in [2.45, 2.75) is 39.3 Å². The van der Waals surface area contributed by atoms with E-state index in [2.05, 4.69) is 20.4 Å². The summed E-state index contributed by atoms with van der Waals surface area (Å²) in [6, 6.07) is 1.35. The Balaban J connectivity index is 2.95. The third-order valence-electron chi connectivity index (χ3n) is 1.42. The maximum absolute atomic E-state index is 5.48. The van der Waals surface area contributed by atoms with Gasteiger partial charge in [-0.1, -0.05) is 19.8 Å². The summed E-state index contributed by atoms with van der Waals surface area (Å²) in [6.45, 7) is 7.50. The van der Waals surface area contributed by atoms with Crippen LogP contribution in [0.15, 0.2) is 0 Å². The zero-order valence-electron chi connectivity index (χ0n) is 6.81. The fraction of sp³-hybridized carbons (Fsp3) is 1.00. The Kier molecular flexibility index (Phi) is 6.42. The van der Waals surface area contributed by atoms with Crippen molar-refractivity contribution in [1.29, 1.82) is 0 Å². The Morgan fingerprint density at radius 3 is 2.44 bits per heavy atom. The summed E-state index contributed by atoms with van der Waals surface area (Å²) in [4.78, 5) is 0. The van der Waals surface area contributed by atoms with Crippen LogP contribution < -0.4 is 0 Å². The van der Waals surface area contributed by atoms with Gasteiger partial charge in [-0.2, -0.15) is 0 Å². The summed E-state index contributed by atoms with van der Waals surface area (Å²) in [5, 5.41) is 0. The molecule has 0 saturated carbocycles. The maximum atomic E-state index is 5.48. The van der Waals surface area contributed by atoms with Crippen LogP contribution in [0.1, 0.15) is 26.7 Å². The Morgan fingerprint density at radius 2 is 2.00 bits per heavy atom. The highest BCUT2D eigenvalue weighted by atomic mass is 28.3. The molecule has 0 amide bonds. The van der Waals surface area contributed by atoms with Crippen molar-refractivity contribution in [3.05, 3.63) is 0 Å². The van der Waals surface area contributed by atoms with Gasteiger partial charge in [0.1, 0.15) is 0 Å². The molecule has 1 nitrogen and oxygen atoms in total. The number of rotatable bonds is 5. The number of unbranched alkanes of at least 4 members (excludes halogenated alkanes) is 1. The molecule has 0 rings (SSSR count). The van der Waals surface area contributed by atoms with Gasteiger partial charge in [0.25, 0.3) is 0 Å². The molecular weight excluding hydrogens is 128 g/mol. The van der Waals surface area contributed by atoms with Gasteiger partial charge in [-0.3, -0.25) is 0 Å². The van der Waals surface area contributed by atoms with Gasteiger partial charge < -0.3 is 4.43 Å². The molecule has 9 heavy (non-hydrogen) atoms. The highest BCUT2D eigenvalue weighted by Gasteiger charge is 2.00. The van der Waals surface area contributed by atoms with Crippen LogP contribution in [0.25, 0.3) is 0 Å². The van der Waals surface area contributed by atoms with E-state index >= 15 is 0 Å². The van der Waals surface area contributed by atoms with Crippen molar-refractivity contribution < 1.29 is 4.43 Å². The minimum Gasteiger partial charge on any atom is -0.421 e. The molecule has 1 unspecified atom stereocenters. The van der Waals surface area contributed by atoms with E-state index in [0.717, 1.165) is 6.61 Å². The second-order valence-electron chi connectivity index (χ2n) is 2.41. The van der Waals surface area contributed by atoms with E-state index in [1.807, 2.05) is 0 Å². The fourth-order valence-corrected chi connectivity index (χ4v) is 2.58. The molecule has 0 aromatic heterocycles. The van der Waals surface area contributed by atoms with Crippen LogP contribution in [0.4, 0.5) is 0 Å². The summed E-state index contributed by atoms with van der Waals surface area (Å²) in [5.41, 5.74) is 0. The second-order valence-corrected chi connectivity index (χ2v) is 4.94. The quantitative estimate of drug-likeness (QED) is 0.540. The van der Waals surface area contributed by atoms with E-state index in [1.54, 1.807) is 0 Å². The molecule has 56 valence electrons. The van der Waals surface area contributed by atoms with E-state index in [0.29, 0.717) is 0 Å². The lowest BCUT2D eigenvalue weighted by molar-refractivity contribution is 0.345. The largest absolute Gasteiger partial charge is 0.421 e. The van der Waals surface area contributed by atoms with Gasteiger partial charge in [-0.05, 0) is 19.5 Å². The van der Waals surface area contributed by atoms with Crippen LogP contribution in [-0.2, 0) is 4.43 Å². The first kappa shape index (κ1) is 9.18. The highest BCUT2D eigenvalue weighted by Crippen LogP contribution is 2.01. The normalized spacial score (nSPS) is 13.7. The molecule has 0 heterocycles. The van der Waals surface area contributed by atoms with Gasteiger partial charge in [0.15, 0.2) is 9.04 Å². The summed E-state index contributed by atoms with van der Waals surface area (Å²) in [5.74, 6) is 0. The first-order valence-electron chi connectivity index (χ1n) is 3.92. The van der Waals surface area contributed by atoms with Gasteiger partial charge in [-0.15, -0.1) is 0 Å². The molecule has 0 spiro atoms. The predicted molar refractivity (Wildman–Crippen MR) is 44.4 cm³/mol. The summed E-state index contributed by atoms with van der Waals surface area (Å²) in [7, 11) is -0.720. The Morgan fingerprint density at radius 1 is 1.33 bits per heavy atom. The average molecular weight is 146 g/mol. The Bertz CT molecular complexity index is 56.9.